The number of benzene rings is 1. The molecule has 2 fully saturated rings. The average molecular weight is 346 g/mol. The van der Waals surface area contributed by atoms with Gasteiger partial charge in [-0.05, 0) is 25.5 Å². The van der Waals surface area contributed by atoms with Gasteiger partial charge in [-0.1, -0.05) is 43.2 Å². The van der Waals surface area contributed by atoms with Gasteiger partial charge in [0.05, 0.1) is 26.3 Å². The highest BCUT2D eigenvalue weighted by Gasteiger charge is 2.38. The maximum absolute atomic E-state index is 12.8. The lowest BCUT2D eigenvalue weighted by atomic mass is 9.93. The van der Waals surface area contributed by atoms with E-state index in [4.69, 9.17) is 4.74 Å². The van der Waals surface area contributed by atoms with Crippen LogP contribution < -0.4 is 0 Å². The van der Waals surface area contributed by atoms with E-state index in [9.17, 15) is 9.90 Å². The van der Waals surface area contributed by atoms with Crippen LogP contribution in [-0.4, -0.2) is 72.4 Å². The lowest BCUT2D eigenvalue weighted by molar-refractivity contribution is -0.158. The highest BCUT2D eigenvalue weighted by molar-refractivity contribution is 5.78. The summed E-state index contributed by atoms with van der Waals surface area (Å²) in [5.41, 5.74) is 0.426. The first kappa shape index (κ1) is 18.4. The molecule has 1 amide bonds. The van der Waals surface area contributed by atoms with Crippen LogP contribution in [0.5, 0.6) is 0 Å². The van der Waals surface area contributed by atoms with E-state index in [-0.39, 0.29) is 12.5 Å². The lowest BCUT2D eigenvalue weighted by Gasteiger charge is -2.42. The number of carbonyl (C=O) groups excluding carboxylic acids is 1. The molecular formula is C20H30N2O3. The Balaban J connectivity index is 1.61. The van der Waals surface area contributed by atoms with Crippen molar-refractivity contribution in [3.63, 3.8) is 0 Å². The van der Waals surface area contributed by atoms with E-state index >= 15 is 0 Å². The second kappa shape index (κ2) is 8.30. The largest absolute Gasteiger partial charge is 0.393 e. The molecular weight excluding hydrogens is 316 g/mol. The molecule has 1 saturated carbocycles. The van der Waals surface area contributed by atoms with Crippen LogP contribution in [0.1, 0.15) is 31.2 Å². The number of likely N-dealkylation sites (N-methyl/N-ethyl adjacent to an activating group) is 1. The number of hydrogen-bond donors (Lipinski definition) is 1. The third-order valence-electron chi connectivity index (χ3n) is 5.59. The van der Waals surface area contributed by atoms with Crippen molar-refractivity contribution >= 4 is 5.91 Å². The first-order valence-electron chi connectivity index (χ1n) is 9.39. The lowest BCUT2D eigenvalue weighted by Crippen LogP contribution is -2.58. The fourth-order valence-corrected chi connectivity index (χ4v) is 4.07. The van der Waals surface area contributed by atoms with E-state index < -0.39 is 5.60 Å². The fraction of sp³-hybridized carbons (Fsp3) is 0.650. The molecule has 1 N–H and O–H groups in total. The molecule has 1 aliphatic carbocycles. The van der Waals surface area contributed by atoms with Crippen LogP contribution in [0.25, 0.3) is 0 Å². The summed E-state index contributed by atoms with van der Waals surface area (Å²) in [6.07, 6.45) is 5.55. The summed E-state index contributed by atoms with van der Waals surface area (Å²) in [7, 11) is 2.05. The van der Waals surface area contributed by atoms with Crippen LogP contribution in [0.4, 0.5) is 0 Å². The van der Waals surface area contributed by atoms with Gasteiger partial charge in [-0.3, -0.25) is 9.69 Å². The summed E-state index contributed by atoms with van der Waals surface area (Å²) in [6, 6.07) is 10.6. The van der Waals surface area contributed by atoms with Crippen molar-refractivity contribution in [2.45, 2.75) is 43.7 Å². The smallest absolute Gasteiger partial charge is 0.236 e. The topological polar surface area (TPSA) is 53.0 Å². The Kier molecular flexibility index (Phi) is 6.10. The van der Waals surface area contributed by atoms with Crippen molar-refractivity contribution in [1.82, 2.24) is 9.80 Å². The molecule has 0 unspecified atom stereocenters. The summed E-state index contributed by atoms with van der Waals surface area (Å²) < 4.78 is 5.95. The fourth-order valence-electron chi connectivity index (χ4n) is 4.07. The van der Waals surface area contributed by atoms with Crippen LogP contribution in [0.2, 0.25) is 0 Å². The number of rotatable bonds is 6. The number of morpholine rings is 1. The van der Waals surface area contributed by atoms with Crippen LogP contribution in [0.3, 0.4) is 0 Å². The zero-order valence-electron chi connectivity index (χ0n) is 15.2. The Morgan fingerprint density at radius 1 is 1.32 bits per heavy atom. The van der Waals surface area contributed by atoms with Crippen molar-refractivity contribution in [2.24, 2.45) is 0 Å². The van der Waals surface area contributed by atoms with Gasteiger partial charge in [0.25, 0.3) is 0 Å². The van der Waals surface area contributed by atoms with Gasteiger partial charge >= 0.3 is 0 Å². The Hall–Kier alpha value is -1.43. The number of amides is 1. The second-order valence-corrected chi connectivity index (χ2v) is 7.52. The third-order valence-corrected chi connectivity index (χ3v) is 5.59. The second-order valence-electron chi connectivity index (χ2n) is 7.52. The highest BCUT2D eigenvalue weighted by atomic mass is 16.5. The summed E-state index contributed by atoms with van der Waals surface area (Å²) in [6.45, 7) is 1.91. The molecule has 0 spiro atoms. The minimum absolute atomic E-state index is 0.0792. The molecule has 1 aromatic carbocycles. The van der Waals surface area contributed by atoms with Crippen molar-refractivity contribution in [3.05, 3.63) is 35.9 Å². The molecule has 0 radical (unpaired) electrons. The number of hydrogen-bond acceptors (Lipinski definition) is 4. The molecule has 5 heteroatoms. The predicted octanol–water partition coefficient (Wildman–Crippen LogP) is 1.69. The number of aliphatic hydroxyl groups excluding tert-OH is 1. The molecule has 3 rings (SSSR count). The average Bonchev–Trinajstić information content (AvgIpc) is 3.17. The van der Waals surface area contributed by atoms with E-state index in [1.807, 2.05) is 35.2 Å². The molecule has 2 aliphatic rings. The molecule has 1 saturated heterocycles. The standard InChI is InChI=1S/C20H30N2O3/c1-21(18-9-5-6-10-18)14-19(24)22-11-12-25-20(15-22,16-23)13-17-7-3-2-4-8-17/h2-4,7-8,18,23H,5-6,9-16H2,1H3/t20-/m0/s1. The van der Waals surface area contributed by atoms with Crippen molar-refractivity contribution in [1.29, 1.82) is 0 Å². The van der Waals surface area contributed by atoms with Gasteiger partial charge in [0, 0.05) is 19.0 Å². The third kappa shape index (κ3) is 4.60. The molecule has 1 heterocycles. The first-order valence-corrected chi connectivity index (χ1v) is 9.39. The van der Waals surface area contributed by atoms with E-state index in [0.717, 1.165) is 5.56 Å². The number of ether oxygens (including phenoxy) is 1. The first-order chi connectivity index (χ1) is 12.1. The summed E-state index contributed by atoms with van der Waals surface area (Å²) in [5, 5.41) is 9.98. The quantitative estimate of drug-likeness (QED) is 0.852. The number of aliphatic hydroxyl groups is 1. The molecule has 1 aliphatic heterocycles. The predicted molar refractivity (Wildman–Crippen MR) is 97.4 cm³/mol. The van der Waals surface area contributed by atoms with Gasteiger partial charge in [-0.2, -0.15) is 0 Å². The van der Waals surface area contributed by atoms with E-state index in [0.29, 0.717) is 38.7 Å². The molecule has 0 aromatic heterocycles. The zero-order chi connectivity index (χ0) is 17.7. The molecule has 25 heavy (non-hydrogen) atoms. The van der Waals surface area contributed by atoms with Gasteiger partial charge < -0.3 is 14.7 Å². The normalized spacial score (nSPS) is 24.8. The van der Waals surface area contributed by atoms with Crippen LogP contribution in [0.15, 0.2) is 30.3 Å². The Bertz CT molecular complexity index is 559. The maximum atomic E-state index is 12.8. The molecule has 138 valence electrons. The van der Waals surface area contributed by atoms with Gasteiger partial charge in [-0.15, -0.1) is 0 Å². The van der Waals surface area contributed by atoms with Crippen LogP contribution >= 0.6 is 0 Å². The molecule has 1 atom stereocenters. The van der Waals surface area contributed by atoms with Crippen molar-refractivity contribution < 1.29 is 14.6 Å². The van der Waals surface area contributed by atoms with E-state index in [2.05, 4.69) is 11.9 Å². The van der Waals surface area contributed by atoms with Gasteiger partial charge in [-0.25, -0.2) is 0 Å². The van der Waals surface area contributed by atoms with Crippen molar-refractivity contribution in [2.75, 3.05) is 39.9 Å². The minimum atomic E-state index is -0.693. The Morgan fingerprint density at radius 2 is 2.04 bits per heavy atom. The van der Waals surface area contributed by atoms with E-state index in [1.54, 1.807) is 0 Å². The SMILES string of the molecule is CN(CC(=O)N1CCO[C@@](CO)(Cc2ccccc2)C1)C1CCCC1. The summed E-state index contributed by atoms with van der Waals surface area (Å²) in [5.74, 6) is 0.142. The number of nitrogens with zero attached hydrogens (tertiary/aromatic N) is 2. The minimum Gasteiger partial charge on any atom is -0.393 e. The van der Waals surface area contributed by atoms with Crippen LogP contribution in [0, 0.1) is 0 Å². The summed E-state index contributed by atoms with van der Waals surface area (Å²) >= 11 is 0. The number of carbonyl (C=O) groups is 1. The Morgan fingerprint density at radius 3 is 2.72 bits per heavy atom. The maximum Gasteiger partial charge on any atom is 0.236 e. The molecule has 0 bridgehead atoms. The molecule has 5 nitrogen and oxygen atoms in total. The summed E-state index contributed by atoms with van der Waals surface area (Å²) in [4.78, 5) is 16.8. The molecule has 1 aromatic rings. The van der Waals surface area contributed by atoms with Gasteiger partial charge in [0.2, 0.25) is 5.91 Å². The highest BCUT2D eigenvalue weighted by Crippen LogP contribution is 2.25. The van der Waals surface area contributed by atoms with Gasteiger partial charge in [0.15, 0.2) is 0 Å². The van der Waals surface area contributed by atoms with Gasteiger partial charge in [0.1, 0.15) is 5.60 Å². The zero-order valence-corrected chi connectivity index (χ0v) is 15.2. The monoisotopic (exact) mass is 346 g/mol. The van der Waals surface area contributed by atoms with Crippen molar-refractivity contribution in [3.8, 4) is 0 Å². The van der Waals surface area contributed by atoms with E-state index in [1.165, 1.54) is 25.7 Å². The Labute approximate surface area is 150 Å². The van der Waals surface area contributed by atoms with Crippen LogP contribution in [-0.2, 0) is 16.0 Å².